The molecule has 0 heterocycles. The van der Waals surface area contributed by atoms with Gasteiger partial charge in [0.15, 0.2) is 0 Å². The molecule has 1 unspecified atom stereocenters. The number of hydrogen-bond donors (Lipinski definition) is 2. The highest BCUT2D eigenvalue weighted by Crippen LogP contribution is 2.15. The van der Waals surface area contributed by atoms with E-state index in [0.717, 1.165) is 6.42 Å². The van der Waals surface area contributed by atoms with Crippen molar-refractivity contribution in [3.05, 3.63) is 35.4 Å². The van der Waals surface area contributed by atoms with Gasteiger partial charge in [-0.2, -0.15) is 0 Å². The largest absolute Gasteiger partial charge is 0.481 e. The Kier molecular flexibility index (Phi) is 5.16. The van der Waals surface area contributed by atoms with Crippen LogP contribution in [0, 0.1) is 0 Å². The Morgan fingerprint density at radius 1 is 1.29 bits per heavy atom. The second-order valence-corrected chi connectivity index (χ2v) is 4.79. The SMILES string of the molecule is CC(C)c1ccc(CC(N)CCC(=O)O)cc1. The van der Waals surface area contributed by atoms with Gasteiger partial charge in [0.1, 0.15) is 0 Å². The summed E-state index contributed by atoms with van der Waals surface area (Å²) in [6.07, 6.45) is 1.41. The molecule has 3 N–H and O–H groups in total. The predicted octanol–water partition coefficient (Wildman–Crippen LogP) is 2.54. The van der Waals surface area contributed by atoms with Gasteiger partial charge in [0.25, 0.3) is 0 Å². The normalized spacial score (nSPS) is 12.7. The fourth-order valence-corrected chi connectivity index (χ4v) is 1.75. The average Bonchev–Trinajstić information content (AvgIpc) is 2.27. The first-order chi connectivity index (χ1) is 7.99. The van der Waals surface area contributed by atoms with E-state index in [1.54, 1.807) is 0 Å². The molecule has 0 radical (unpaired) electrons. The van der Waals surface area contributed by atoms with Gasteiger partial charge in [-0.3, -0.25) is 4.79 Å². The molecule has 1 rings (SSSR count). The number of aliphatic carboxylic acids is 1. The molecule has 94 valence electrons. The number of carbonyl (C=O) groups is 1. The van der Waals surface area contributed by atoms with Gasteiger partial charge in [0, 0.05) is 12.5 Å². The predicted molar refractivity (Wildman–Crippen MR) is 69.1 cm³/mol. The van der Waals surface area contributed by atoms with Crippen molar-refractivity contribution in [2.24, 2.45) is 5.73 Å². The maximum Gasteiger partial charge on any atom is 0.303 e. The van der Waals surface area contributed by atoms with Crippen molar-refractivity contribution in [2.45, 2.75) is 45.1 Å². The van der Waals surface area contributed by atoms with Gasteiger partial charge in [-0.25, -0.2) is 0 Å². The lowest BCUT2D eigenvalue weighted by atomic mass is 9.98. The van der Waals surface area contributed by atoms with Crippen LogP contribution in [0.3, 0.4) is 0 Å². The van der Waals surface area contributed by atoms with Gasteiger partial charge in [-0.1, -0.05) is 38.1 Å². The van der Waals surface area contributed by atoms with Crippen LogP contribution in [-0.4, -0.2) is 17.1 Å². The van der Waals surface area contributed by atoms with Gasteiger partial charge in [0.2, 0.25) is 0 Å². The average molecular weight is 235 g/mol. The summed E-state index contributed by atoms with van der Waals surface area (Å²) in [5.41, 5.74) is 8.37. The van der Waals surface area contributed by atoms with Gasteiger partial charge in [0.05, 0.1) is 0 Å². The first kappa shape index (κ1) is 13.7. The first-order valence-corrected chi connectivity index (χ1v) is 6.05. The quantitative estimate of drug-likeness (QED) is 0.796. The van der Waals surface area contributed by atoms with Gasteiger partial charge >= 0.3 is 5.97 Å². The number of hydrogen-bond acceptors (Lipinski definition) is 2. The molecule has 0 spiro atoms. The fraction of sp³-hybridized carbons (Fsp3) is 0.500. The summed E-state index contributed by atoms with van der Waals surface area (Å²) in [5, 5.41) is 8.57. The van der Waals surface area contributed by atoms with Gasteiger partial charge < -0.3 is 10.8 Å². The van der Waals surface area contributed by atoms with E-state index in [4.69, 9.17) is 10.8 Å². The molecule has 0 amide bonds. The minimum atomic E-state index is -0.782. The minimum absolute atomic E-state index is 0.0731. The third kappa shape index (κ3) is 5.00. The van der Waals surface area contributed by atoms with E-state index >= 15 is 0 Å². The standard InChI is InChI=1S/C14H21NO2/c1-10(2)12-5-3-11(4-6-12)9-13(15)7-8-14(16)17/h3-6,10,13H,7-9,15H2,1-2H3,(H,16,17). The van der Waals surface area contributed by atoms with E-state index in [1.165, 1.54) is 11.1 Å². The van der Waals surface area contributed by atoms with Crippen LogP contribution in [0.15, 0.2) is 24.3 Å². The van der Waals surface area contributed by atoms with E-state index in [-0.39, 0.29) is 12.5 Å². The zero-order valence-electron chi connectivity index (χ0n) is 10.5. The number of carboxylic acid groups (broad SMARTS) is 1. The molecule has 0 saturated carbocycles. The van der Waals surface area contributed by atoms with E-state index in [9.17, 15) is 4.79 Å². The maximum absolute atomic E-state index is 10.4. The van der Waals surface area contributed by atoms with Crippen LogP contribution in [-0.2, 0) is 11.2 Å². The molecule has 0 aliphatic rings. The van der Waals surface area contributed by atoms with Crippen LogP contribution in [0.2, 0.25) is 0 Å². The molecule has 0 saturated heterocycles. The molecule has 1 aromatic rings. The molecule has 1 atom stereocenters. The Morgan fingerprint density at radius 3 is 2.35 bits per heavy atom. The lowest BCUT2D eigenvalue weighted by Crippen LogP contribution is -2.23. The molecule has 0 bridgehead atoms. The second kappa shape index (κ2) is 6.40. The number of rotatable bonds is 6. The molecule has 3 nitrogen and oxygen atoms in total. The first-order valence-electron chi connectivity index (χ1n) is 6.05. The molecule has 0 aliphatic heterocycles. The summed E-state index contributed by atoms with van der Waals surface area (Å²) in [6.45, 7) is 4.32. The van der Waals surface area contributed by atoms with Crippen molar-refractivity contribution in [2.75, 3.05) is 0 Å². The molecule has 3 heteroatoms. The zero-order chi connectivity index (χ0) is 12.8. The van der Waals surface area contributed by atoms with Crippen molar-refractivity contribution in [1.82, 2.24) is 0 Å². The Bertz CT molecular complexity index is 357. The number of benzene rings is 1. The molecule has 17 heavy (non-hydrogen) atoms. The van der Waals surface area contributed by atoms with E-state index in [2.05, 4.69) is 38.1 Å². The van der Waals surface area contributed by atoms with Crippen LogP contribution in [0.1, 0.15) is 43.7 Å². The minimum Gasteiger partial charge on any atom is -0.481 e. The smallest absolute Gasteiger partial charge is 0.303 e. The van der Waals surface area contributed by atoms with E-state index in [1.807, 2.05) is 0 Å². The molecular weight excluding hydrogens is 214 g/mol. The molecule has 1 aromatic carbocycles. The van der Waals surface area contributed by atoms with Crippen LogP contribution in [0.5, 0.6) is 0 Å². The lowest BCUT2D eigenvalue weighted by molar-refractivity contribution is -0.137. The van der Waals surface area contributed by atoms with Crippen molar-refractivity contribution >= 4 is 5.97 Å². The van der Waals surface area contributed by atoms with E-state index in [0.29, 0.717) is 12.3 Å². The maximum atomic E-state index is 10.4. The highest BCUT2D eigenvalue weighted by atomic mass is 16.4. The van der Waals surface area contributed by atoms with Gasteiger partial charge in [-0.05, 0) is 29.9 Å². The van der Waals surface area contributed by atoms with Crippen LogP contribution in [0.25, 0.3) is 0 Å². The molecule has 0 aromatic heterocycles. The molecular formula is C14H21NO2. The summed E-state index contributed by atoms with van der Waals surface area (Å²) in [6, 6.07) is 8.32. The zero-order valence-corrected chi connectivity index (χ0v) is 10.5. The van der Waals surface area contributed by atoms with E-state index < -0.39 is 5.97 Å². The van der Waals surface area contributed by atoms with Gasteiger partial charge in [-0.15, -0.1) is 0 Å². The Balaban J connectivity index is 2.48. The molecule has 0 aliphatic carbocycles. The van der Waals surface area contributed by atoms with Crippen LogP contribution in [0.4, 0.5) is 0 Å². The Labute approximate surface area is 103 Å². The summed E-state index contributed by atoms with van der Waals surface area (Å²) < 4.78 is 0. The third-order valence-electron chi connectivity index (χ3n) is 2.87. The lowest BCUT2D eigenvalue weighted by Gasteiger charge is -2.11. The van der Waals surface area contributed by atoms with Crippen LogP contribution >= 0.6 is 0 Å². The Hall–Kier alpha value is -1.35. The van der Waals surface area contributed by atoms with Crippen molar-refractivity contribution in [3.63, 3.8) is 0 Å². The number of nitrogens with two attached hydrogens (primary N) is 1. The summed E-state index contributed by atoms with van der Waals surface area (Å²) in [4.78, 5) is 10.4. The second-order valence-electron chi connectivity index (χ2n) is 4.79. The van der Waals surface area contributed by atoms with Crippen LogP contribution < -0.4 is 5.73 Å². The third-order valence-corrected chi connectivity index (χ3v) is 2.87. The fourth-order valence-electron chi connectivity index (χ4n) is 1.75. The number of carboxylic acids is 1. The topological polar surface area (TPSA) is 63.3 Å². The monoisotopic (exact) mass is 235 g/mol. The van der Waals surface area contributed by atoms with Crippen molar-refractivity contribution in [3.8, 4) is 0 Å². The Morgan fingerprint density at radius 2 is 1.88 bits per heavy atom. The van der Waals surface area contributed by atoms with Crippen molar-refractivity contribution in [1.29, 1.82) is 0 Å². The summed E-state index contributed by atoms with van der Waals surface area (Å²) in [5.74, 6) is -0.250. The highest BCUT2D eigenvalue weighted by molar-refractivity contribution is 5.66. The molecule has 0 fully saturated rings. The summed E-state index contributed by atoms with van der Waals surface area (Å²) >= 11 is 0. The highest BCUT2D eigenvalue weighted by Gasteiger charge is 2.07. The summed E-state index contributed by atoms with van der Waals surface area (Å²) in [7, 11) is 0. The van der Waals surface area contributed by atoms with Crippen molar-refractivity contribution < 1.29 is 9.90 Å².